The van der Waals surface area contributed by atoms with Crippen LogP contribution < -0.4 is 0 Å². The highest BCUT2D eigenvalue weighted by Gasteiger charge is 2.11. The highest BCUT2D eigenvalue weighted by Crippen LogP contribution is 2.22. The summed E-state index contributed by atoms with van der Waals surface area (Å²) in [7, 11) is 0. The van der Waals surface area contributed by atoms with Crippen molar-refractivity contribution in [1.29, 1.82) is 0 Å². The molecule has 1 N–H and O–H groups in total. The second-order valence-corrected chi connectivity index (χ2v) is 5.90. The molecule has 0 spiro atoms. The molecule has 23 heavy (non-hydrogen) atoms. The molecule has 1 aromatic heterocycles. The van der Waals surface area contributed by atoms with Crippen molar-refractivity contribution in [3.63, 3.8) is 0 Å². The molecular formula is C17H23ClN2O3. The van der Waals surface area contributed by atoms with Crippen molar-refractivity contribution in [3.8, 4) is 0 Å². The predicted octanol–water partition coefficient (Wildman–Crippen LogP) is 3.91. The number of carbonyl (C=O) groups is 1. The number of carboxylic acid groups (broad SMARTS) is 1. The van der Waals surface area contributed by atoms with Crippen molar-refractivity contribution in [2.24, 2.45) is 0 Å². The highest BCUT2D eigenvalue weighted by molar-refractivity contribution is 6.31. The van der Waals surface area contributed by atoms with Crippen LogP contribution in [0.1, 0.15) is 38.4 Å². The number of halogens is 1. The zero-order chi connectivity index (χ0) is 16.7. The number of unbranched alkanes of at least 4 members (excludes halogenated alkanes) is 1. The van der Waals surface area contributed by atoms with Gasteiger partial charge in [-0.05, 0) is 44.4 Å². The third kappa shape index (κ3) is 5.22. The lowest BCUT2D eigenvalue weighted by molar-refractivity contribution is -0.137. The van der Waals surface area contributed by atoms with Gasteiger partial charge in [-0.15, -0.1) is 0 Å². The number of benzene rings is 1. The summed E-state index contributed by atoms with van der Waals surface area (Å²) in [4.78, 5) is 15.3. The summed E-state index contributed by atoms with van der Waals surface area (Å²) < 4.78 is 7.61. The van der Waals surface area contributed by atoms with E-state index in [0.29, 0.717) is 11.4 Å². The Morgan fingerprint density at radius 1 is 1.35 bits per heavy atom. The molecule has 0 fully saturated rings. The Hall–Kier alpha value is -1.59. The van der Waals surface area contributed by atoms with Crippen LogP contribution in [0.4, 0.5) is 0 Å². The summed E-state index contributed by atoms with van der Waals surface area (Å²) in [5, 5.41) is 9.40. The van der Waals surface area contributed by atoms with Crippen molar-refractivity contribution >= 4 is 28.6 Å². The first-order valence-electron chi connectivity index (χ1n) is 8.06. The molecule has 0 aliphatic carbocycles. The number of fused-ring (bicyclic) bond motifs is 1. The summed E-state index contributed by atoms with van der Waals surface area (Å²) in [6.07, 6.45) is 3.38. The Balaban J connectivity index is 2.10. The van der Waals surface area contributed by atoms with E-state index >= 15 is 0 Å². The molecule has 1 aromatic carbocycles. The van der Waals surface area contributed by atoms with Gasteiger partial charge in [-0.3, -0.25) is 4.79 Å². The molecule has 0 bridgehead atoms. The first kappa shape index (κ1) is 17.8. The van der Waals surface area contributed by atoms with Crippen LogP contribution in [0.5, 0.6) is 0 Å². The van der Waals surface area contributed by atoms with E-state index in [2.05, 4.69) is 9.55 Å². The SMILES string of the molecule is CCOCCCn1c(CCCCC(=O)O)nc2cc(Cl)ccc21. The number of nitrogens with zero attached hydrogens (tertiary/aromatic N) is 2. The van der Waals surface area contributed by atoms with E-state index in [1.807, 2.05) is 25.1 Å². The zero-order valence-electron chi connectivity index (χ0n) is 13.4. The summed E-state index contributed by atoms with van der Waals surface area (Å²) >= 11 is 6.05. The molecule has 0 aliphatic rings. The van der Waals surface area contributed by atoms with Crippen LogP contribution in [0.2, 0.25) is 5.02 Å². The van der Waals surface area contributed by atoms with Gasteiger partial charge in [0.05, 0.1) is 11.0 Å². The first-order chi connectivity index (χ1) is 11.1. The molecule has 0 radical (unpaired) electrons. The van der Waals surface area contributed by atoms with E-state index in [-0.39, 0.29) is 6.42 Å². The fourth-order valence-corrected chi connectivity index (χ4v) is 2.79. The Morgan fingerprint density at radius 2 is 2.17 bits per heavy atom. The summed E-state index contributed by atoms with van der Waals surface area (Å²) in [6.45, 7) is 4.28. The molecule has 0 amide bonds. The summed E-state index contributed by atoms with van der Waals surface area (Å²) in [5.41, 5.74) is 1.96. The normalized spacial score (nSPS) is 11.2. The standard InChI is InChI=1S/C17H23ClN2O3/c1-2-23-11-5-10-20-15-9-8-13(18)12-14(15)19-16(20)6-3-4-7-17(21)22/h8-9,12H,2-7,10-11H2,1H3,(H,21,22). The minimum absolute atomic E-state index is 0.205. The Morgan fingerprint density at radius 3 is 2.91 bits per heavy atom. The second kappa shape index (κ2) is 8.89. The maximum atomic E-state index is 10.6. The third-order valence-corrected chi connectivity index (χ3v) is 3.94. The van der Waals surface area contributed by atoms with Gasteiger partial charge in [-0.2, -0.15) is 0 Å². The Bertz CT molecular complexity index is 655. The van der Waals surface area contributed by atoms with E-state index in [0.717, 1.165) is 55.9 Å². The van der Waals surface area contributed by atoms with Crippen LogP contribution in [0.25, 0.3) is 11.0 Å². The van der Waals surface area contributed by atoms with Gasteiger partial charge in [0.1, 0.15) is 5.82 Å². The third-order valence-electron chi connectivity index (χ3n) is 3.70. The van der Waals surface area contributed by atoms with Gasteiger partial charge in [0, 0.05) is 37.6 Å². The molecular weight excluding hydrogens is 316 g/mol. The predicted molar refractivity (Wildman–Crippen MR) is 91.0 cm³/mol. The Labute approximate surface area is 141 Å². The van der Waals surface area contributed by atoms with Crippen LogP contribution in [0, 0.1) is 0 Å². The van der Waals surface area contributed by atoms with Crippen molar-refractivity contribution in [2.75, 3.05) is 13.2 Å². The molecule has 1 heterocycles. The molecule has 0 saturated heterocycles. The number of aromatic nitrogens is 2. The number of aryl methyl sites for hydroxylation is 2. The lowest BCUT2D eigenvalue weighted by Gasteiger charge is -2.09. The quantitative estimate of drug-likeness (QED) is 0.667. The lowest BCUT2D eigenvalue weighted by atomic mass is 10.2. The first-order valence-corrected chi connectivity index (χ1v) is 8.43. The van der Waals surface area contributed by atoms with Crippen LogP contribution in [0.3, 0.4) is 0 Å². The molecule has 0 unspecified atom stereocenters. The molecule has 5 nitrogen and oxygen atoms in total. The lowest BCUT2D eigenvalue weighted by Crippen LogP contribution is -2.07. The fraction of sp³-hybridized carbons (Fsp3) is 0.529. The smallest absolute Gasteiger partial charge is 0.303 e. The average Bonchev–Trinajstić information content (AvgIpc) is 2.84. The second-order valence-electron chi connectivity index (χ2n) is 5.46. The van der Waals surface area contributed by atoms with Crippen LogP contribution >= 0.6 is 11.6 Å². The molecule has 0 saturated carbocycles. The number of ether oxygens (including phenoxy) is 1. The van der Waals surface area contributed by atoms with Gasteiger partial charge in [0.2, 0.25) is 0 Å². The van der Waals surface area contributed by atoms with E-state index in [1.165, 1.54) is 0 Å². The van der Waals surface area contributed by atoms with Crippen molar-refractivity contribution in [3.05, 3.63) is 29.0 Å². The minimum atomic E-state index is -0.748. The number of carboxylic acids is 1. The largest absolute Gasteiger partial charge is 0.481 e. The summed E-state index contributed by atoms with van der Waals surface area (Å²) in [6, 6.07) is 5.74. The van der Waals surface area contributed by atoms with Gasteiger partial charge in [0.15, 0.2) is 0 Å². The minimum Gasteiger partial charge on any atom is -0.481 e. The summed E-state index contributed by atoms with van der Waals surface area (Å²) in [5.74, 6) is 0.242. The van der Waals surface area contributed by atoms with E-state index in [1.54, 1.807) is 0 Å². The molecule has 2 aromatic rings. The number of hydrogen-bond acceptors (Lipinski definition) is 3. The monoisotopic (exact) mass is 338 g/mol. The Kier molecular flexibility index (Phi) is 6.86. The van der Waals surface area contributed by atoms with Crippen molar-refractivity contribution < 1.29 is 14.6 Å². The number of imidazole rings is 1. The molecule has 0 aliphatic heterocycles. The van der Waals surface area contributed by atoms with Crippen LogP contribution in [0.15, 0.2) is 18.2 Å². The molecule has 126 valence electrons. The van der Waals surface area contributed by atoms with Crippen molar-refractivity contribution in [2.45, 2.75) is 45.6 Å². The van der Waals surface area contributed by atoms with Gasteiger partial charge >= 0.3 is 5.97 Å². The van der Waals surface area contributed by atoms with Gasteiger partial charge in [-0.1, -0.05) is 11.6 Å². The molecule has 6 heteroatoms. The number of rotatable bonds is 10. The zero-order valence-corrected chi connectivity index (χ0v) is 14.2. The number of hydrogen-bond donors (Lipinski definition) is 1. The number of aliphatic carboxylic acids is 1. The van der Waals surface area contributed by atoms with Gasteiger partial charge in [0.25, 0.3) is 0 Å². The van der Waals surface area contributed by atoms with Crippen LogP contribution in [-0.2, 0) is 22.5 Å². The average molecular weight is 339 g/mol. The molecule has 2 rings (SSSR count). The maximum absolute atomic E-state index is 10.6. The van der Waals surface area contributed by atoms with Gasteiger partial charge < -0.3 is 14.4 Å². The topological polar surface area (TPSA) is 64.3 Å². The molecule has 0 atom stereocenters. The maximum Gasteiger partial charge on any atom is 0.303 e. The van der Waals surface area contributed by atoms with E-state index in [9.17, 15) is 4.79 Å². The van der Waals surface area contributed by atoms with E-state index in [4.69, 9.17) is 21.4 Å². The van der Waals surface area contributed by atoms with E-state index < -0.39 is 5.97 Å². The van der Waals surface area contributed by atoms with Crippen LogP contribution in [-0.4, -0.2) is 33.8 Å². The van der Waals surface area contributed by atoms with Crippen molar-refractivity contribution in [1.82, 2.24) is 9.55 Å². The van der Waals surface area contributed by atoms with Gasteiger partial charge in [-0.25, -0.2) is 4.98 Å². The highest BCUT2D eigenvalue weighted by atomic mass is 35.5. The fourth-order valence-electron chi connectivity index (χ4n) is 2.62.